The minimum Gasteiger partial charge on any atom is -0.457 e. The van der Waals surface area contributed by atoms with Gasteiger partial charge in [0, 0.05) is 19.6 Å². The Hall–Kier alpha value is -2.58. The molecule has 0 aromatic rings. The van der Waals surface area contributed by atoms with Gasteiger partial charge in [-0.25, -0.2) is 4.57 Å². The summed E-state index contributed by atoms with van der Waals surface area (Å²) in [4.78, 5) is 22.6. The molecular weight excluding hydrogens is 794 g/mol. The molecule has 0 saturated carbocycles. The van der Waals surface area contributed by atoms with Crippen LogP contribution in [0.4, 0.5) is 0 Å². The molecule has 0 fully saturated rings. The van der Waals surface area contributed by atoms with Crippen LogP contribution in [-0.2, 0) is 27.9 Å². The highest BCUT2D eigenvalue weighted by Gasteiger charge is 2.25. The van der Waals surface area contributed by atoms with E-state index in [9.17, 15) is 14.3 Å². The van der Waals surface area contributed by atoms with E-state index in [0.717, 1.165) is 77.0 Å². The number of ether oxygens (including phenoxy) is 2. The number of unbranched alkanes of at least 4 members (excludes halogenated alkanes) is 17. The highest BCUT2D eigenvalue weighted by atomic mass is 31.2. The average molecular weight is 886 g/mol. The van der Waals surface area contributed by atoms with Crippen molar-refractivity contribution < 1.29 is 32.8 Å². The van der Waals surface area contributed by atoms with Gasteiger partial charge in [0.2, 0.25) is 0 Å². The number of allylic oxidation sites excluding steroid dienone is 16. The Bertz CT molecular complexity index is 1270. The molecule has 0 heterocycles. The van der Waals surface area contributed by atoms with E-state index in [1.54, 1.807) is 0 Å². The molecule has 62 heavy (non-hydrogen) atoms. The fraction of sp³-hybridized carbons (Fsp3) is 0.679. The van der Waals surface area contributed by atoms with E-state index in [1.807, 2.05) is 0 Å². The van der Waals surface area contributed by atoms with Gasteiger partial charge in [0.05, 0.1) is 19.8 Å². The molecule has 0 aliphatic carbocycles. The molecule has 0 aliphatic rings. The normalized spacial score (nSPS) is 14.2. The Morgan fingerprint density at radius 3 is 1.35 bits per heavy atom. The van der Waals surface area contributed by atoms with Crippen molar-refractivity contribution in [2.45, 2.75) is 200 Å². The lowest BCUT2D eigenvalue weighted by Gasteiger charge is -2.20. The van der Waals surface area contributed by atoms with Crippen molar-refractivity contribution >= 4 is 13.8 Å². The van der Waals surface area contributed by atoms with Gasteiger partial charge in [-0.1, -0.05) is 195 Å². The lowest BCUT2D eigenvalue weighted by atomic mass is 10.0. The third kappa shape index (κ3) is 48.5. The Kier molecular flexibility index (Phi) is 47.4. The number of esters is 1. The smallest absolute Gasteiger partial charge is 0.457 e. The van der Waals surface area contributed by atoms with Gasteiger partial charge in [-0.2, -0.15) is 0 Å². The number of rotatable bonds is 46. The SMILES string of the molecule is CC/C=C\C/C=C\C/C=C\C/C=C\C/C=C\C/C=C\CCCOCC(COP(=O)(O)OCCN)OC(=O)CCCCCCCCCCCCC/C=C\C/C=C\CCCCCCC. The highest BCUT2D eigenvalue weighted by molar-refractivity contribution is 7.47. The van der Waals surface area contributed by atoms with E-state index < -0.39 is 13.9 Å². The predicted molar refractivity (Wildman–Crippen MR) is 265 cm³/mol. The fourth-order valence-electron chi connectivity index (χ4n) is 6.40. The molecule has 0 aromatic heterocycles. The van der Waals surface area contributed by atoms with E-state index in [4.69, 9.17) is 24.3 Å². The number of carbonyl (C=O) groups is 1. The Labute approximate surface area is 380 Å². The Morgan fingerprint density at radius 2 is 0.903 bits per heavy atom. The number of carbonyl (C=O) groups excluding carboxylic acids is 1. The van der Waals surface area contributed by atoms with Gasteiger partial charge in [-0.05, 0) is 89.9 Å². The second-order valence-electron chi connectivity index (χ2n) is 15.9. The van der Waals surface area contributed by atoms with Crippen LogP contribution in [0.3, 0.4) is 0 Å². The van der Waals surface area contributed by atoms with Crippen LogP contribution in [-0.4, -0.2) is 49.9 Å². The second-order valence-corrected chi connectivity index (χ2v) is 17.4. The lowest BCUT2D eigenvalue weighted by molar-refractivity contribution is -0.154. The van der Waals surface area contributed by atoms with Crippen LogP contribution < -0.4 is 5.73 Å². The maximum atomic E-state index is 12.6. The van der Waals surface area contributed by atoms with E-state index in [0.29, 0.717) is 13.0 Å². The summed E-state index contributed by atoms with van der Waals surface area (Å²) in [5.74, 6) is -0.355. The van der Waals surface area contributed by atoms with Crippen LogP contribution in [0, 0.1) is 0 Å². The van der Waals surface area contributed by atoms with E-state index in [-0.39, 0.29) is 32.3 Å². The van der Waals surface area contributed by atoms with Crippen molar-refractivity contribution in [2.24, 2.45) is 5.73 Å². The molecule has 356 valence electrons. The van der Waals surface area contributed by atoms with Gasteiger partial charge >= 0.3 is 13.8 Å². The number of nitrogens with two attached hydrogens (primary N) is 1. The standard InChI is InChI=1S/C53H92NO7P/c1-3-5-7-9-11-13-15-17-19-21-23-25-26-27-28-30-32-34-36-38-40-42-44-46-53(55)61-52(51-60-62(56,57)59-49-47-54)50-58-48-45-43-41-39-37-35-33-31-29-24-22-20-18-16-14-12-10-8-6-4-2/h6,8,12,14-15,17-18,20-21,23-24,29,33,35,39,41,52H,3-5,7,9-11,13,16,19,22,25-28,30-32,34,36-38,40,42-51,54H2,1-2H3,(H,56,57)/b8-6-,14-12-,17-15-,20-18-,23-21-,29-24-,35-33-,41-39-. The topological polar surface area (TPSA) is 117 Å². The zero-order chi connectivity index (χ0) is 45.1. The molecule has 0 bridgehead atoms. The van der Waals surface area contributed by atoms with E-state index in [2.05, 4.69) is 111 Å². The van der Waals surface area contributed by atoms with Gasteiger partial charge in [-0.3, -0.25) is 13.8 Å². The zero-order valence-electron chi connectivity index (χ0n) is 39.6. The van der Waals surface area contributed by atoms with Crippen molar-refractivity contribution in [3.8, 4) is 0 Å². The highest BCUT2D eigenvalue weighted by Crippen LogP contribution is 2.43. The summed E-state index contributed by atoms with van der Waals surface area (Å²) in [6.07, 6.45) is 65.9. The number of hydrogen-bond donors (Lipinski definition) is 2. The molecule has 0 aromatic carbocycles. The van der Waals surface area contributed by atoms with Crippen LogP contribution in [0.2, 0.25) is 0 Å². The third-order valence-electron chi connectivity index (χ3n) is 9.99. The molecular formula is C53H92NO7P. The Balaban J connectivity index is 4.08. The van der Waals surface area contributed by atoms with Crippen LogP contribution in [0.25, 0.3) is 0 Å². The average Bonchev–Trinajstić information content (AvgIpc) is 3.26. The summed E-state index contributed by atoms with van der Waals surface area (Å²) in [5, 5.41) is 0. The van der Waals surface area contributed by atoms with Gasteiger partial charge < -0.3 is 20.1 Å². The molecule has 0 radical (unpaired) electrons. The third-order valence-corrected chi connectivity index (χ3v) is 11.0. The molecule has 2 unspecified atom stereocenters. The summed E-state index contributed by atoms with van der Waals surface area (Å²) in [7, 11) is -4.30. The van der Waals surface area contributed by atoms with Crippen LogP contribution in [0.5, 0.6) is 0 Å². The molecule has 0 amide bonds. The largest absolute Gasteiger partial charge is 0.472 e. The summed E-state index contributed by atoms with van der Waals surface area (Å²) in [6.45, 7) is 4.63. The van der Waals surface area contributed by atoms with Crippen molar-refractivity contribution in [2.75, 3.05) is 33.0 Å². The van der Waals surface area contributed by atoms with Crippen molar-refractivity contribution in [3.05, 3.63) is 97.2 Å². The summed E-state index contributed by atoms with van der Waals surface area (Å²) in [6, 6.07) is 0. The van der Waals surface area contributed by atoms with Crippen molar-refractivity contribution in [3.63, 3.8) is 0 Å². The molecule has 2 atom stereocenters. The van der Waals surface area contributed by atoms with Crippen molar-refractivity contribution in [1.82, 2.24) is 0 Å². The first-order valence-electron chi connectivity index (χ1n) is 24.7. The lowest BCUT2D eigenvalue weighted by Crippen LogP contribution is -2.28. The summed E-state index contributed by atoms with van der Waals surface area (Å²) >= 11 is 0. The van der Waals surface area contributed by atoms with Crippen LogP contribution in [0.15, 0.2) is 97.2 Å². The maximum Gasteiger partial charge on any atom is 0.472 e. The second kappa shape index (κ2) is 49.4. The van der Waals surface area contributed by atoms with Gasteiger partial charge in [0.15, 0.2) is 0 Å². The quantitative estimate of drug-likeness (QED) is 0.0269. The van der Waals surface area contributed by atoms with Gasteiger partial charge in [0.1, 0.15) is 6.10 Å². The van der Waals surface area contributed by atoms with Crippen molar-refractivity contribution in [1.29, 1.82) is 0 Å². The predicted octanol–water partition coefficient (Wildman–Crippen LogP) is 15.4. The fourth-order valence-corrected chi connectivity index (χ4v) is 7.16. The van der Waals surface area contributed by atoms with E-state index >= 15 is 0 Å². The van der Waals surface area contributed by atoms with Gasteiger partial charge in [-0.15, -0.1) is 0 Å². The molecule has 0 rings (SSSR count). The molecule has 0 spiro atoms. The number of hydrogen-bond acceptors (Lipinski definition) is 7. The van der Waals surface area contributed by atoms with Gasteiger partial charge in [0.25, 0.3) is 0 Å². The molecule has 0 aliphatic heterocycles. The van der Waals surface area contributed by atoms with E-state index in [1.165, 1.54) is 96.3 Å². The molecule has 8 nitrogen and oxygen atoms in total. The molecule has 0 saturated heterocycles. The minimum atomic E-state index is -4.30. The molecule has 9 heteroatoms. The summed E-state index contributed by atoms with van der Waals surface area (Å²) < 4.78 is 33.5. The number of phosphoric ester groups is 1. The maximum absolute atomic E-state index is 12.6. The van der Waals surface area contributed by atoms with Crippen LogP contribution >= 0.6 is 7.82 Å². The van der Waals surface area contributed by atoms with Crippen LogP contribution in [0.1, 0.15) is 194 Å². The first kappa shape index (κ1) is 59.4. The zero-order valence-corrected chi connectivity index (χ0v) is 40.5. The Morgan fingerprint density at radius 1 is 0.500 bits per heavy atom. The molecule has 3 N–H and O–H groups in total. The monoisotopic (exact) mass is 886 g/mol. The first-order valence-corrected chi connectivity index (χ1v) is 26.2. The number of phosphoric acid groups is 1. The first-order chi connectivity index (χ1) is 30.4. The summed E-state index contributed by atoms with van der Waals surface area (Å²) in [5.41, 5.74) is 5.38. The minimum absolute atomic E-state index is 0.0701.